The molecule has 8 nitrogen and oxygen atoms in total. The van der Waals surface area contributed by atoms with Crippen LogP contribution < -0.4 is 14.4 Å². The molecule has 1 amide bonds. The molecule has 6 aromatic rings. The van der Waals surface area contributed by atoms with Gasteiger partial charge >= 0.3 is 0 Å². The van der Waals surface area contributed by atoms with Gasteiger partial charge in [0.25, 0.3) is 5.91 Å². The van der Waals surface area contributed by atoms with E-state index < -0.39 is 40.5 Å². The van der Waals surface area contributed by atoms with Gasteiger partial charge in [0, 0.05) is 47.6 Å². The van der Waals surface area contributed by atoms with E-state index in [2.05, 4.69) is 5.32 Å². The van der Waals surface area contributed by atoms with Crippen molar-refractivity contribution in [3.63, 3.8) is 0 Å². The fraction of sp³-hybridized carbons (Fsp3) is 0.147. The lowest BCUT2D eigenvalue weighted by Gasteiger charge is -2.29. The van der Waals surface area contributed by atoms with Gasteiger partial charge in [0.05, 0.1) is 28.7 Å². The number of halogens is 3. The zero-order valence-electron chi connectivity index (χ0n) is 24.8. The van der Waals surface area contributed by atoms with Crippen molar-refractivity contribution in [1.82, 2.24) is 9.88 Å². The van der Waals surface area contributed by atoms with Crippen LogP contribution in [0.4, 0.5) is 18.9 Å². The molecule has 234 valence electrons. The van der Waals surface area contributed by atoms with E-state index in [4.69, 9.17) is 9.15 Å². The van der Waals surface area contributed by atoms with Crippen molar-refractivity contribution in [2.24, 2.45) is 0 Å². The summed E-state index contributed by atoms with van der Waals surface area (Å²) in [7, 11) is -0.906. The molecule has 1 aliphatic heterocycles. The topological polar surface area (TPSA) is 93.8 Å². The highest BCUT2D eigenvalue weighted by molar-refractivity contribution is 7.92. The number of hydrogen-bond donors (Lipinski definition) is 1. The number of ether oxygens (including phenoxy) is 1. The van der Waals surface area contributed by atoms with Crippen LogP contribution in [-0.4, -0.2) is 45.9 Å². The summed E-state index contributed by atoms with van der Waals surface area (Å²) in [5.74, 6) is -0.834. The Labute approximate surface area is 261 Å². The number of nitrogens with zero attached hydrogens (tertiary/aromatic N) is 2. The van der Waals surface area contributed by atoms with Gasteiger partial charge in [-0.25, -0.2) is 21.6 Å². The molecule has 0 fully saturated rings. The molecular formula is C34H26F3N3O5S. The normalized spacial score (nSPS) is 14.2. The predicted octanol–water partition coefficient (Wildman–Crippen LogP) is 7.28. The molecule has 1 atom stereocenters. The Kier molecular flexibility index (Phi) is 6.85. The van der Waals surface area contributed by atoms with E-state index in [-0.39, 0.29) is 22.6 Å². The van der Waals surface area contributed by atoms with Crippen LogP contribution in [0.2, 0.25) is 0 Å². The molecule has 0 aliphatic carbocycles. The van der Waals surface area contributed by atoms with Gasteiger partial charge in [0.15, 0.2) is 0 Å². The third-order valence-corrected chi connectivity index (χ3v) is 9.47. The number of alkyl halides is 1. The molecule has 2 aromatic heterocycles. The van der Waals surface area contributed by atoms with Crippen molar-refractivity contribution in [2.45, 2.75) is 6.23 Å². The molecule has 1 unspecified atom stereocenters. The number of carbonyl (C=O) groups excluding carboxylic acids is 1. The summed E-state index contributed by atoms with van der Waals surface area (Å²) in [4.78, 5) is 13.2. The minimum Gasteiger partial charge on any atom is -0.467 e. The highest BCUT2D eigenvalue weighted by Crippen LogP contribution is 2.47. The summed E-state index contributed by atoms with van der Waals surface area (Å²) in [5, 5.41) is 3.32. The first-order valence-electron chi connectivity index (χ1n) is 14.2. The Bertz CT molecular complexity index is 2310. The number of benzene rings is 4. The van der Waals surface area contributed by atoms with E-state index in [0.717, 1.165) is 10.6 Å². The fourth-order valence-electron chi connectivity index (χ4n) is 5.99. The van der Waals surface area contributed by atoms with E-state index in [1.165, 1.54) is 50.5 Å². The number of amides is 1. The number of carbonyl (C=O) groups is 1. The number of furan rings is 1. The number of fused-ring (bicyclic) bond motifs is 6. The summed E-state index contributed by atoms with van der Waals surface area (Å²) < 4.78 is 83.3. The Morgan fingerprint density at radius 1 is 0.957 bits per heavy atom. The predicted molar refractivity (Wildman–Crippen MR) is 170 cm³/mol. The Hall–Kier alpha value is -5.23. The number of anilines is 1. The standard InChI is InChI=1S/C34H26F3N3O5S/c1-38-34(41)32-24-14-21(27(39(2)46(3,42)43)16-30(24)45-33(32)18-7-10-20(36)11-8-18)19-9-12-29-23(13-19)28-15-22-25(37)5-4-6-26(22)40(28)31(17-35)44-29/h4-16,31H,17H2,1-3H3,(H,38,41). The van der Waals surface area contributed by atoms with E-state index in [9.17, 15) is 26.4 Å². The van der Waals surface area contributed by atoms with Crippen molar-refractivity contribution in [3.8, 4) is 39.5 Å². The maximum atomic E-state index is 14.8. The molecule has 1 N–H and O–H groups in total. The van der Waals surface area contributed by atoms with Gasteiger partial charge in [-0.15, -0.1) is 0 Å². The number of nitrogens with one attached hydrogen (secondary N) is 1. The number of sulfonamides is 1. The van der Waals surface area contributed by atoms with Crippen LogP contribution >= 0.6 is 0 Å². The first-order chi connectivity index (χ1) is 22.0. The molecule has 46 heavy (non-hydrogen) atoms. The summed E-state index contributed by atoms with van der Waals surface area (Å²) in [6.45, 7) is -0.854. The fourth-order valence-corrected chi connectivity index (χ4v) is 6.50. The van der Waals surface area contributed by atoms with E-state index in [1.54, 1.807) is 47.0 Å². The zero-order chi connectivity index (χ0) is 32.5. The van der Waals surface area contributed by atoms with Gasteiger partial charge in [0.1, 0.15) is 35.4 Å². The van der Waals surface area contributed by atoms with Crippen molar-refractivity contribution in [2.75, 3.05) is 31.3 Å². The second-order valence-electron chi connectivity index (χ2n) is 11.0. The highest BCUT2D eigenvalue weighted by atomic mass is 32.2. The third kappa shape index (κ3) is 4.59. The second kappa shape index (κ2) is 10.7. The quantitative estimate of drug-likeness (QED) is 0.206. The molecule has 0 saturated heterocycles. The van der Waals surface area contributed by atoms with E-state index in [0.29, 0.717) is 50.0 Å². The zero-order valence-corrected chi connectivity index (χ0v) is 25.6. The van der Waals surface area contributed by atoms with Crippen molar-refractivity contribution < 1.29 is 35.5 Å². The average Bonchev–Trinajstić information content (AvgIpc) is 3.63. The Morgan fingerprint density at radius 3 is 2.39 bits per heavy atom. The van der Waals surface area contributed by atoms with Crippen molar-refractivity contribution in [1.29, 1.82) is 0 Å². The molecule has 0 bridgehead atoms. The molecule has 7 rings (SSSR count). The minimum absolute atomic E-state index is 0.182. The first kappa shape index (κ1) is 29.5. The molecule has 0 radical (unpaired) electrons. The lowest BCUT2D eigenvalue weighted by Crippen LogP contribution is -2.25. The first-order valence-corrected chi connectivity index (χ1v) is 16.0. The van der Waals surface area contributed by atoms with Gasteiger partial charge in [-0.1, -0.05) is 12.1 Å². The lowest BCUT2D eigenvalue weighted by molar-refractivity contribution is 0.0964. The van der Waals surface area contributed by atoms with Crippen LogP contribution in [0.5, 0.6) is 5.75 Å². The molecular weight excluding hydrogens is 619 g/mol. The number of aromatic nitrogens is 1. The number of rotatable bonds is 6. The summed E-state index contributed by atoms with van der Waals surface area (Å²) in [6.07, 6.45) is 0.0511. The van der Waals surface area contributed by atoms with E-state index >= 15 is 0 Å². The van der Waals surface area contributed by atoms with Crippen molar-refractivity contribution >= 4 is 43.5 Å². The number of hydrogen-bond acceptors (Lipinski definition) is 5. The SMILES string of the molecule is CNC(=O)c1c(-c2ccc(F)cc2)oc2cc(N(C)S(C)(=O)=O)c(-c3ccc4c(c3)-c3cc5c(F)cccc5n3C(CF)O4)cc12. The maximum absolute atomic E-state index is 14.8. The third-order valence-electron chi connectivity index (χ3n) is 8.28. The van der Waals surface area contributed by atoms with Crippen LogP contribution in [-0.2, 0) is 10.0 Å². The van der Waals surface area contributed by atoms with Gasteiger partial charge in [0.2, 0.25) is 16.3 Å². The molecule has 0 spiro atoms. The largest absolute Gasteiger partial charge is 0.467 e. The molecule has 3 heterocycles. The van der Waals surface area contributed by atoms with Gasteiger partial charge < -0.3 is 19.0 Å². The smallest absolute Gasteiger partial charge is 0.255 e. The highest BCUT2D eigenvalue weighted by Gasteiger charge is 2.30. The van der Waals surface area contributed by atoms with Crippen LogP contribution in [0.1, 0.15) is 16.6 Å². The summed E-state index contributed by atoms with van der Waals surface area (Å²) in [5.41, 5.74) is 3.62. The van der Waals surface area contributed by atoms with Crippen LogP contribution in [0, 0.1) is 11.6 Å². The molecule has 1 aliphatic rings. The monoisotopic (exact) mass is 645 g/mol. The molecule has 0 saturated carbocycles. The van der Waals surface area contributed by atoms with Crippen LogP contribution in [0.25, 0.3) is 55.6 Å². The van der Waals surface area contributed by atoms with Crippen LogP contribution in [0.15, 0.2) is 83.3 Å². The van der Waals surface area contributed by atoms with Gasteiger partial charge in [-0.05, 0) is 66.2 Å². The lowest BCUT2D eigenvalue weighted by atomic mass is 9.96. The van der Waals surface area contributed by atoms with Gasteiger partial charge in [-0.3, -0.25) is 9.10 Å². The van der Waals surface area contributed by atoms with E-state index in [1.807, 2.05) is 0 Å². The average molecular weight is 646 g/mol. The van der Waals surface area contributed by atoms with Crippen LogP contribution in [0.3, 0.4) is 0 Å². The minimum atomic E-state index is -3.78. The summed E-state index contributed by atoms with van der Waals surface area (Å²) in [6, 6.07) is 20.0. The van der Waals surface area contributed by atoms with Gasteiger partial charge in [-0.2, -0.15) is 0 Å². The maximum Gasteiger partial charge on any atom is 0.255 e. The van der Waals surface area contributed by atoms with Crippen molar-refractivity contribution in [3.05, 3.63) is 96.1 Å². The Morgan fingerprint density at radius 2 is 1.70 bits per heavy atom. The summed E-state index contributed by atoms with van der Waals surface area (Å²) >= 11 is 0. The second-order valence-corrected chi connectivity index (χ2v) is 13.0. The molecule has 4 aromatic carbocycles. The molecule has 12 heteroatoms. The Balaban J connectivity index is 1.50.